The quantitative estimate of drug-likeness (QED) is 0.837. The number of halogens is 2. The molecule has 1 saturated carbocycles. The maximum atomic E-state index is 13.2. The Labute approximate surface area is 111 Å². The van der Waals surface area contributed by atoms with Crippen LogP contribution in [0.3, 0.4) is 0 Å². The largest absolute Gasteiger partial charge is 0.384 e. The van der Waals surface area contributed by atoms with Crippen molar-refractivity contribution < 1.29 is 13.5 Å². The predicted octanol–water partition coefficient (Wildman–Crippen LogP) is 2.28. The molecule has 0 bridgehead atoms. The Hall–Kier alpha value is -1.23. The van der Waals surface area contributed by atoms with Crippen molar-refractivity contribution in [3.05, 3.63) is 23.4 Å². The van der Waals surface area contributed by atoms with Gasteiger partial charge in [0.15, 0.2) is 0 Å². The fourth-order valence-corrected chi connectivity index (χ4v) is 2.92. The third kappa shape index (κ3) is 2.10. The van der Waals surface area contributed by atoms with Crippen molar-refractivity contribution in [2.45, 2.75) is 19.3 Å². The first-order valence-electron chi connectivity index (χ1n) is 6.62. The minimum absolute atomic E-state index is 0.432. The highest BCUT2D eigenvalue weighted by atomic mass is 19.3. The Balaban J connectivity index is 1.69. The molecule has 0 radical (unpaired) electrons. The fourth-order valence-electron chi connectivity index (χ4n) is 2.92. The van der Waals surface area contributed by atoms with Gasteiger partial charge in [-0.3, -0.25) is 0 Å². The summed E-state index contributed by atoms with van der Waals surface area (Å²) in [6, 6.07) is 3.96. The van der Waals surface area contributed by atoms with Crippen LogP contribution in [0.1, 0.15) is 11.3 Å². The highest BCUT2D eigenvalue weighted by molar-refractivity contribution is 5.45. The molecule has 2 fully saturated rings. The second kappa shape index (κ2) is 4.40. The van der Waals surface area contributed by atoms with Crippen molar-refractivity contribution >= 4 is 5.82 Å². The van der Waals surface area contributed by atoms with Gasteiger partial charge in [-0.1, -0.05) is 6.07 Å². The van der Waals surface area contributed by atoms with E-state index in [2.05, 4.69) is 4.98 Å². The molecule has 2 unspecified atom stereocenters. The van der Waals surface area contributed by atoms with Gasteiger partial charge in [-0.2, -0.15) is 0 Å². The summed E-state index contributed by atoms with van der Waals surface area (Å²) in [5, 5.41) is 0. The molecule has 2 atom stereocenters. The van der Waals surface area contributed by atoms with E-state index in [0.717, 1.165) is 23.5 Å². The lowest BCUT2D eigenvalue weighted by Crippen LogP contribution is -2.28. The predicted molar refractivity (Wildman–Crippen MR) is 68.7 cm³/mol. The van der Waals surface area contributed by atoms with Crippen molar-refractivity contribution in [2.75, 3.05) is 31.7 Å². The number of pyridine rings is 1. The lowest BCUT2D eigenvalue weighted by molar-refractivity contribution is 0.0797. The van der Waals surface area contributed by atoms with E-state index >= 15 is 0 Å². The molecule has 2 aliphatic rings. The van der Waals surface area contributed by atoms with Crippen molar-refractivity contribution in [1.82, 2.24) is 4.98 Å². The van der Waals surface area contributed by atoms with Crippen molar-refractivity contribution in [1.29, 1.82) is 0 Å². The summed E-state index contributed by atoms with van der Waals surface area (Å²) in [5.41, 5.74) is 2.11. The number of nitrogens with zero attached hydrogens (tertiary/aromatic N) is 2. The van der Waals surface area contributed by atoms with Crippen LogP contribution < -0.4 is 4.90 Å². The molecule has 0 amide bonds. The Morgan fingerprint density at radius 3 is 2.63 bits per heavy atom. The number of hydrogen-bond acceptors (Lipinski definition) is 3. The van der Waals surface area contributed by atoms with Crippen LogP contribution in [0.15, 0.2) is 12.1 Å². The summed E-state index contributed by atoms with van der Waals surface area (Å²) in [6.45, 7) is 3.49. The number of aryl methyl sites for hydroxylation is 1. The summed E-state index contributed by atoms with van der Waals surface area (Å²) in [7, 11) is 1.67. The standard InChI is InChI=1S/C14H18F2N2O/c1-9-10(5-6-19-2)3-4-13(17-9)18-7-11-12(8-18)14(11,15)16/h3-4,11-12H,5-8H2,1-2H3. The number of alkyl halides is 2. The SMILES string of the molecule is COCCc1ccc(N2CC3C(C2)C3(F)F)nc1C. The molecule has 1 aliphatic heterocycles. The Kier molecular flexibility index (Phi) is 2.96. The first-order chi connectivity index (χ1) is 9.04. The van der Waals surface area contributed by atoms with Crippen molar-refractivity contribution in [3.8, 4) is 0 Å². The van der Waals surface area contributed by atoms with E-state index in [4.69, 9.17) is 4.74 Å². The molecular weight excluding hydrogens is 250 g/mol. The third-order valence-corrected chi connectivity index (χ3v) is 4.28. The maximum absolute atomic E-state index is 13.2. The Bertz CT molecular complexity index is 478. The van der Waals surface area contributed by atoms with Crippen LogP contribution in [0.5, 0.6) is 0 Å². The van der Waals surface area contributed by atoms with Gasteiger partial charge in [0.2, 0.25) is 0 Å². The molecule has 1 aromatic rings. The van der Waals surface area contributed by atoms with Crippen LogP contribution in [-0.4, -0.2) is 37.7 Å². The topological polar surface area (TPSA) is 25.4 Å². The van der Waals surface area contributed by atoms with Gasteiger partial charge in [0.1, 0.15) is 5.82 Å². The van der Waals surface area contributed by atoms with Gasteiger partial charge in [0.25, 0.3) is 5.92 Å². The third-order valence-electron chi connectivity index (χ3n) is 4.28. The van der Waals surface area contributed by atoms with E-state index in [0.29, 0.717) is 19.7 Å². The molecule has 104 valence electrons. The van der Waals surface area contributed by atoms with Crippen LogP contribution in [0, 0.1) is 18.8 Å². The van der Waals surface area contributed by atoms with Crippen LogP contribution in [0.2, 0.25) is 0 Å². The van der Waals surface area contributed by atoms with Gasteiger partial charge in [-0.15, -0.1) is 0 Å². The van der Waals surface area contributed by atoms with Gasteiger partial charge in [-0.05, 0) is 25.0 Å². The number of piperidine rings is 1. The molecule has 1 aromatic heterocycles. The zero-order valence-corrected chi connectivity index (χ0v) is 11.2. The number of aromatic nitrogens is 1. The molecule has 1 aliphatic carbocycles. The summed E-state index contributed by atoms with van der Waals surface area (Å²) >= 11 is 0. The molecule has 0 N–H and O–H groups in total. The zero-order chi connectivity index (χ0) is 13.6. The summed E-state index contributed by atoms with van der Waals surface area (Å²) in [6.07, 6.45) is 0.832. The van der Waals surface area contributed by atoms with Gasteiger partial charge >= 0.3 is 0 Å². The first-order valence-corrected chi connectivity index (χ1v) is 6.62. The maximum Gasteiger partial charge on any atom is 0.258 e. The molecule has 3 nitrogen and oxygen atoms in total. The number of methoxy groups -OCH3 is 1. The minimum Gasteiger partial charge on any atom is -0.384 e. The lowest BCUT2D eigenvalue weighted by Gasteiger charge is -2.21. The summed E-state index contributed by atoms with van der Waals surface area (Å²) < 4.78 is 31.4. The van der Waals surface area contributed by atoms with E-state index in [1.54, 1.807) is 7.11 Å². The molecule has 0 spiro atoms. The van der Waals surface area contributed by atoms with Gasteiger partial charge < -0.3 is 9.64 Å². The lowest BCUT2D eigenvalue weighted by atomic mass is 10.1. The normalized spacial score (nSPS) is 27.5. The first kappa shape index (κ1) is 12.8. The average Bonchev–Trinajstić information content (AvgIpc) is 2.79. The number of rotatable bonds is 4. The van der Waals surface area contributed by atoms with Crippen molar-refractivity contribution in [2.24, 2.45) is 11.8 Å². The molecule has 0 aromatic carbocycles. The van der Waals surface area contributed by atoms with Crippen LogP contribution in [0.25, 0.3) is 0 Å². The highest BCUT2D eigenvalue weighted by Crippen LogP contribution is 2.59. The molecule has 5 heteroatoms. The van der Waals surface area contributed by atoms with Crippen LogP contribution >= 0.6 is 0 Å². The van der Waals surface area contributed by atoms with E-state index in [-0.39, 0.29) is 0 Å². The summed E-state index contributed by atoms with van der Waals surface area (Å²) in [4.78, 5) is 6.51. The fraction of sp³-hybridized carbons (Fsp3) is 0.643. The van der Waals surface area contributed by atoms with Gasteiger partial charge in [-0.25, -0.2) is 13.8 Å². The molecule has 3 rings (SSSR count). The second-order valence-corrected chi connectivity index (χ2v) is 5.45. The van der Waals surface area contributed by atoms with Crippen LogP contribution in [0.4, 0.5) is 14.6 Å². The van der Waals surface area contributed by atoms with E-state index in [1.807, 2.05) is 24.0 Å². The van der Waals surface area contributed by atoms with E-state index in [1.165, 1.54) is 0 Å². The van der Waals surface area contributed by atoms with E-state index < -0.39 is 17.8 Å². The smallest absolute Gasteiger partial charge is 0.258 e. The van der Waals surface area contributed by atoms with E-state index in [9.17, 15) is 8.78 Å². The second-order valence-electron chi connectivity index (χ2n) is 5.45. The monoisotopic (exact) mass is 268 g/mol. The number of fused-ring (bicyclic) bond motifs is 1. The molecular formula is C14H18F2N2O. The van der Waals surface area contributed by atoms with Crippen LogP contribution in [-0.2, 0) is 11.2 Å². The Morgan fingerprint density at radius 1 is 1.37 bits per heavy atom. The molecule has 1 saturated heterocycles. The zero-order valence-electron chi connectivity index (χ0n) is 11.2. The molecule has 19 heavy (non-hydrogen) atoms. The average molecular weight is 268 g/mol. The van der Waals surface area contributed by atoms with Crippen molar-refractivity contribution in [3.63, 3.8) is 0 Å². The minimum atomic E-state index is -2.43. The molecule has 2 heterocycles. The number of ether oxygens (including phenoxy) is 1. The number of hydrogen-bond donors (Lipinski definition) is 0. The number of anilines is 1. The summed E-state index contributed by atoms with van der Waals surface area (Å²) in [5.74, 6) is -2.52. The Morgan fingerprint density at radius 2 is 2.05 bits per heavy atom. The highest BCUT2D eigenvalue weighted by Gasteiger charge is 2.71. The van der Waals surface area contributed by atoms with Gasteiger partial charge in [0.05, 0.1) is 18.4 Å². The van der Waals surface area contributed by atoms with Gasteiger partial charge in [0, 0.05) is 25.9 Å².